The zero-order valence-electron chi connectivity index (χ0n) is 14.5. The fraction of sp³-hybridized carbons (Fsp3) is 0.190. The number of aromatic hydroxyl groups is 1. The maximum atomic E-state index is 14.0. The summed E-state index contributed by atoms with van der Waals surface area (Å²) in [4.78, 5) is 6.21. The van der Waals surface area contributed by atoms with E-state index in [0.717, 1.165) is 16.8 Å². The summed E-state index contributed by atoms with van der Waals surface area (Å²) in [6.45, 7) is 1.33. The highest BCUT2D eigenvalue weighted by molar-refractivity contribution is 5.66. The molecule has 4 rings (SSSR count). The largest absolute Gasteiger partial charge is 0.504 e. The van der Waals surface area contributed by atoms with Crippen molar-refractivity contribution in [3.05, 3.63) is 77.5 Å². The van der Waals surface area contributed by atoms with E-state index in [-0.39, 0.29) is 17.9 Å². The van der Waals surface area contributed by atoms with Crippen LogP contribution in [0.1, 0.15) is 11.1 Å². The van der Waals surface area contributed by atoms with Crippen LogP contribution in [0.2, 0.25) is 0 Å². The summed E-state index contributed by atoms with van der Waals surface area (Å²) in [5.41, 5.74) is 2.27. The third kappa shape index (κ3) is 3.61. The zero-order chi connectivity index (χ0) is 18.8. The second-order valence-corrected chi connectivity index (χ2v) is 6.46. The Morgan fingerprint density at radius 2 is 1.89 bits per heavy atom. The first kappa shape index (κ1) is 17.4. The van der Waals surface area contributed by atoms with E-state index < -0.39 is 11.6 Å². The predicted octanol–water partition coefficient (Wildman–Crippen LogP) is 4.13. The molecular weight excluding hydrogens is 350 g/mol. The Kier molecular flexibility index (Phi) is 4.73. The van der Waals surface area contributed by atoms with Crippen LogP contribution in [0.15, 0.2) is 54.7 Å². The average molecular weight is 368 g/mol. The van der Waals surface area contributed by atoms with Gasteiger partial charge in [-0.3, -0.25) is 9.88 Å². The van der Waals surface area contributed by atoms with Crippen LogP contribution in [0.3, 0.4) is 0 Å². The Hall–Kier alpha value is -2.99. The Labute approximate surface area is 155 Å². The highest BCUT2D eigenvalue weighted by Crippen LogP contribution is 2.37. The van der Waals surface area contributed by atoms with Gasteiger partial charge in [0.25, 0.3) is 0 Å². The number of aromatic nitrogens is 1. The van der Waals surface area contributed by atoms with Crippen molar-refractivity contribution in [3.63, 3.8) is 0 Å². The van der Waals surface area contributed by atoms with E-state index >= 15 is 0 Å². The van der Waals surface area contributed by atoms with Crippen LogP contribution >= 0.6 is 0 Å². The molecule has 0 bridgehead atoms. The first-order valence-electron chi connectivity index (χ1n) is 8.67. The standard InChI is InChI=1S/C21H18F2N2O2/c22-17-4-3-5-18(23)16(17)13-25-8-9-27-21-15(12-25)10-14(11-20(21)26)19-6-1-2-7-24-19/h1-7,10-11,26H,8-9,12-13H2. The molecule has 138 valence electrons. The number of nitrogens with zero attached hydrogens (tertiary/aromatic N) is 2. The molecule has 1 aliphatic rings. The van der Waals surface area contributed by atoms with Crippen LogP contribution in [-0.2, 0) is 13.1 Å². The van der Waals surface area contributed by atoms with Gasteiger partial charge in [0.05, 0.1) is 5.69 Å². The summed E-state index contributed by atoms with van der Waals surface area (Å²) in [5.74, 6) is -0.686. The molecular formula is C21H18F2N2O2. The summed E-state index contributed by atoms with van der Waals surface area (Å²) >= 11 is 0. The van der Waals surface area contributed by atoms with Crippen molar-refractivity contribution < 1.29 is 18.6 Å². The molecule has 2 aromatic carbocycles. The van der Waals surface area contributed by atoms with E-state index in [1.54, 1.807) is 12.3 Å². The smallest absolute Gasteiger partial charge is 0.165 e. The second-order valence-electron chi connectivity index (χ2n) is 6.46. The summed E-state index contributed by atoms with van der Waals surface area (Å²) in [6.07, 6.45) is 1.68. The molecule has 0 atom stereocenters. The lowest BCUT2D eigenvalue weighted by atomic mass is 10.0. The van der Waals surface area contributed by atoms with Gasteiger partial charge in [-0.05, 0) is 36.4 Å². The number of halogens is 2. The summed E-state index contributed by atoms with van der Waals surface area (Å²) in [6, 6.07) is 12.9. The van der Waals surface area contributed by atoms with Gasteiger partial charge in [-0.2, -0.15) is 0 Å². The molecule has 27 heavy (non-hydrogen) atoms. The molecule has 2 heterocycles. The number of hydrogen-bond acceptors (Lipinski definition) is 4. The molecule has 1 aromatic heterocycles. The van der Waals surface area contributed by atoms with Crippen LogP contribution in [0, 0.1) is 11.6 Å². The molecule has 3 aromatic rings. The van der Waals surface area contributed by atoms with Crippen LogP contribution in [0.5, 0.6) is 11.5 Å². The third-order valence-electron chi connectivity index (χ3n) is 4.60. The van der Waals surface area contributed by atoms with Gasteiger partial charge in [0.1, 0.15) is 18.2 Å². The Balaban J connectivity index is 1.66. The number of hydrogen-bond donors (Lipinski definition) is 1. The van der Waals surface area contributed by atoms with E-state index in [1.807, 2.05) is 29.2 Å². The van der Waals surface area contributed by atoms with E-state index in [0.29, 0.717) is 25.4 Å². The minimum atomic E-state index is -0.564. The van der Waals surface area contributed by atoms with E-state index in [1.165, 1.54) is 18.2 Å². The fourth-order valence-electron chi connectivity index (χ4n) is 3.28. The monoisotopic (exact) mass is 368 g/mol. The van der Waals surface area contributed by atoms with Gasteiger partial charge in [0.2, 0.25) is 0 Å². The van der Waals surface area contributed by atoms with Crippen LogP contribution in [0.25, 0.3) is 11.3 Å². The summed E-state index contributed by atoms with van der Waals surface area (Å²) in [7, 11) is 0. The third-order valence-corrected chi connectivity index (χ3v) is 4.60. The zero-order valence-corrected chi connectivity index (χ0v) is 14.5. The Bertz CT molecular complexity index is 944. The SMILES string of the molecule is Oc1cc(-c2ccccn2)cc2c1OCCN(Cc1c(F)cccc1F)C2. The van der Waals surface area contributed by atoms with Crippen molar-refractivity contribution in [2.45, 2.75) is 13.1 Å². The van der Waals surface area contributed by atoms with Crippen molar-refractivity contribution in [1.82, 2.24) is 9.88 Å². The predicted molar refractivity (Wildman–Crippen MR) is 97.3 cm³/mol. The minimum Gasteiger partial charge on any atom is -0.504 e. The molecule has 0 aliphatic carbocycles. The van der Waals surface area contributed by atoms with Gasteiger partial charge < -0.3 is 9.84 Å². The molecule has 0 unspecified atom stereocenters. The first-order chi connectivity index (χ1) is 13.1. The Morgan fingerprint density at radius 1 is 1.07 bits per heavy atom. The molecule has 0 spiro atoms. The summed E-state index contributed by atoms with van der Waals surface area (Å²) < 4.78 is 33.7. The number of benzene rings is 2. The topological polar surface area (TPSA) is 45.6 Å². The molecule has 0 saturated heterocycles. The highest BCUT2D eigenvalue weighted by Gasteiger charge is 2.22. The molecule has 0 radical (unpaired) electrons. The van der Waals surface area contributed by atoms with Gasteiger partial charge in [-0.25, -0.2) is 8.78 Å². The molecule has 4 nitrogen and oxygen atoms in total. The van der Waals surface area contributed by atoms with Crippen molar-refractivity contribution in [2.24, 2.45) is 0 Å². The molecule has 6 heteroatoms. The number of rotatable bonds is 3. The summed E-state index contributed by atoms with van der Waals surface area (Å²) in [5, 5.41) is 10.4. The van der Waals surface area contributed by atoms with E-state index in [9.17, 15) is 13.9 Å². The number of pyridine rings is 1. The van der Waals surface area contributed by atoms with Crippen LogP contribution in [-0.4, -0.2) is 28.1 Å². The molecule has 0 saturated carbocycles. The number of ether oxygens (including phenoxy) is 1. The lowest BCUT2D eigenvalue weighted by Gasteiger charge is -2.20. The van der Waals surface area contributed by atoms with Crippen LogP contribution < -0.4 is 4.74 Å². The van der Waals surface area contributed by atoms with Gasteiger partial charge in [0.15, 0.2) is 11.5 Å². The molecule has 1 aliphatic heterocycles. The van der Waals surface area contributed by atoms with Crippen LogP contribution in [0.4, 0.5) is 8.78 Å². The van der Waals surface area contributed by atoms with E-state index in [2.05, 4.69) is 4.98 Å². The van der Waals surface area contributed by atoms with Gasteiger partial charge >= 0.3 is 0 Å². The maximum Gasteiger partial charge on any atom is 0.165 e. The first-order valence-corrected chi connectivity index (χ1v) is 8.67. The van der Waals surface area contributed by atoms with Crippen molar-refractivity contribution >= 4 is 0 Å². The molecule has 0 amide bonds. The number of phenolic OH excluding ortho intramolecular Hbond substituents is 1. The van der Waals surface area contributed by atoms with Gasteiger partial charge in [0, 0.05) is 42.5 Å². The van der Waals surface area contributed by atoms with Crippen molar-refractivity contribution in [3.8, 4) is 22.8 Å². The Morgan fingerprint density at radius 3 is 2.63 bits per heavy atom. The van der Waals surface area contributed by atoms with Gasteiger partial charge in [-0.15, -0.1) is 0 Å². The highest BCUT2D eigenvalue weighted by atomic mass is 19.1. The maximum absolute atomic E-state index is 14.0. The number of phenols is 1. The normalized spacial score (nSPS) is 14.3. The van der Waals surface area contributed by atoms with Crippen molar-refractivity contribution in [2.75, 3.05) is 13.2 Å². The second kappa shape index (κ2) is 7.32. The quantitative estimate of drug-likeness (QED) is 0.755. The lowest BCUT2D eigenvalue weighted by molar-refractivity contribution is 0.213. The van der Waals surface area contributed by atoms with Crippen molar-refractivity contribution in [1.29, 1.82) is 0 Å². The minimum absolute atomic E-state index is 0.0334. The lowest BCUT2D eigenvalue weighted by Crippen LogP contribution is -2.26. The van der Waals surface area contributed by atoms with Gasteiger partial charge in [-0.1, -0.05) is 12.1 Å². The average Bonchev–Trinajstić information content (AvgIpc) is 2.88. The fourth-order valence-corrected chi connectivity index (χ4v) is 3.28. The number of fused-ring (bicyclic) bond motifs is 1. The molecule has 1 N–H and O–H groups in total. The van der Waals surface area contributed by atoms with E-state index in [4.69, 9.17) is 4.74 Å². The molecule has 0 fully saturated rings.